The highest BCUT2D eigenvalue weighted by atomic mass is 19.4. The molecule has 9 heteroatoms. The maximum Gasteiger partial charge on any atom is 0.416 e. The fourth-order valence-electron chi connectivity index (χ4n) is 4.68. The molecule has 32 heavy (non-hydrogen) atoms. The number of hydrogen-bond donors (Lipinski definition) is 1. The predicted octanol–water partition coefficient (Wildman–Crippen LogP) is 3.27. The smallest absolute Gasteiger partial charge is 0.369 e. The molecule has 0 radical (unpaired) electrons. The number of amides is 2. The average molecular weight is 456 g/mol. The Labute approximate surface area is 187 Å². The summed E-state index contributed by atoms with van der Waals surface area (Å²) in [6.45, 7) is 4.20. The van der Waals surface area contributed by atoms with Crippen molar-refractivity contribution in [2.75, 3.05) is 39.8 Å². The number of hydrogen-bond acceptors (Lipinski definition) is 4. The lowest BCUT2D eigenvalue weighted by Crippen LogP contribution is -2.58. The molecule has 2 aliphatic heterocycles. The van der Waals surface area contributed by atoms with E-state index in [1.807, 2.05) is 16.8 Å². The number of aryl methyl sites for hydroxylation is 1. The molecular formula is C23H32F3N3O3. The van der Waals surface area contributed by atoms with Crippen LogP contribution in [0.2, 0.25) is 0 Å². The Hall–Kier alpha value is -2.13. The van der Waals surface area contributed by atoms with Crippen LogP contribution in [0.5, 0.6) is 0 Å². The number of carbonyl (C=O) groups excluding carboxylic acids is 2. The van der Waals surface area contributed by atoms with Crippen molar-refractivity contribution in [2.24, 2.45) is 5.92 Å². The van der Waals surface area contributed by atoms with Gasteiger partial charge >= 0.3 is 12.2 Å². The molecule has 0 aromatic heterocycles. The summed E-state index contributed by atoms with van der Waals surface area (Å²) >= 11 is 0. The Bertz CT molecular complexity index is 794. The van der Waals surface area contributed by atoms with Crippen LogP contribution in [0.1, 0.15) is 36.0 Å². The van der Waals surface area contributed by atoms with Gasteiger partial charge < -0.3 is 24.6 Å². The molecule has 2 fully saturated rings. The van der Waals surface area contributed by atoms with Crippen molar-refractivity contribution < 1.29 is 27.5 Å². The summed E-state index contributed by atoms with van der Waals surface area (Å²) in [6.07, 6.45) is -0.605. The van der Waals surface area contributed by atoms with Crippen LogP contribution >= 0.6 is 0 Å². The minimum atomic E-state index is -4.32. The number of ether oxygens (including phenoxy) is 1. The second kappa shape index (κ2) is 10.7. The molecule has 2 heterocycles. The van der Waals surface area contributed by atoms with Crippen molar-refractivity contribution in [3.63, 3.8) is 0 Å². The van der Waals surface area contributed by atoms with E-state index in [2.05, 4.69) is 5.32 Å². The number of urea groups is 1. The second-order valence-electron chi connectivity index (χ2n) is 8.72. The molecule has 1 aromatic rings. The van der Waals surface area contributed by atoms with Gasteiger partial charge in [0.1, 0.15) is 12.9 Å². The highest BCUT2D eigenvalue weighted by Crippen LogP contribution is 2.32. The minimum Gasteiger partial charge on any atom is -0.369 e. The van der Waals surface area contributed by atoms with Gasteiger partial charge in [-0.2, -0.15) is 13.2 Å². The molecule has 0 saturated carbocycles. The molecule has 0 aliphatic carbocycles. The van der Waals surface area contributed by atoms with Crippen LogP contribution in [0, 0.1) is 12.8 Å². The topological polar surface area (TPSA) is 61.9 Å². The minimum absolute atomic E-state index is 0.0169. The normalized spacial score (nSPS) is 22.8. The lowest BCUT2D eigenvalue weighted by molar-refractivity contribution is -0.137. The summed E-state index contributed by atoms with van der Waals surface area (Å²) < 4.78 is 44.2. The third-order valence-corrected chi connectivity index (χ3v) is 6.63. The number of rotatable bonds is 6. The van der Waals surface area contributed by atoms with E-state index in [0.29, 0.717) is 44.1 Å². The number of piperidine rings is 2. The summed E-state index contributed by atoms with van der Waals surface area (Å²) in [4.78, 5) is 27.3. The van der Waals surface area contributed by atoms with Crippen molar-refractivity contribution in [1.29, 1.82) is 0 Å². The zero-order chi connectivity index (χ0) is 23.3. The summed E-state index contributed by atoms with van der Waals surface area (Å²) in [7, 11) is 1.82. The van der Waals surface area contributed by atoms with Crippen molar-refractivity contribution in [1.82, 2.24) is 15.1 Å². The van der Waals surface area contributed by atoms with Gasteiger partial charge in [-0.3, -0.25) is 0 Å². The van der Waals surface area contributed by atoms with Crippen LogP contribution in [-0.2, 0) is 22.1 Å². The molecule has 2 saturated heterocycles. The van der Waals surface area contributed by atoms with E-state index >= 15 is 0 Å². The lowest BCUT2D eigenvalue weighted by Gasteiger charge is -2.41. The first kappa shape index (κ1) is 24.5. The Morgan fingerprint density at radius 2 is 1.88 bits per heavy atom. The van der Waals surface area contributed by atoms with Crippen molar-refractivity contribution in [2.45, 2.75) is 50.9 Å². The quantitative estimate of drug-likeness (QED) is 0.669. The third-order valence-electron chi connectivity index (χ3n) is 6.63. The Kier molecular flexibility index (Phi) is 8.16. The highest BCUT2D eigenvalue weighted by molar-refractivity contribution is 5.74. The largest absolute Gasteiger partial charge is 0.416 e. The van der Waals surface area contributed by atoms with E-state index in [-0.39, 0.29) is 24.8 Å². The van der Waals surface area contributed by atoms with E-state index in [4.69, 9.17) is 4.74 Å². The van der Waals surface area contributed by atoms with Gasteiger partial charge in [0.15, 0.2) is 0 Å². The van der Waals surface area contributed by atoms with Crippen molar-refractivity contribution >= 4 is 12.3 Å². The van der Waals surface area contributed by atoms with Crippen LogP contribution in [-0.4, -0.2) is 74.1 Å². The van der Waals surface area contributed by atoms with E-state index in [1.54, 1.807) is 13.0 Å². The Balaban J connectivity index is 1.50. The van der Waals surface area contributed by atoms with E-state index in [9.17, 15) is 22.8 Å². The predicted molar refractivity (Wildman–Crippen MR) is 114 cm³/mol. The van der Waals surface area contributed by atoms with Gasteiger partial charge in [-0.1, -0.05) is 6.07 Å². The summed E-state index contributed by atoms with van der Waals surface area (Å²) in [5.74, 6) is 0.349. The van der Waals surface area contributed by atoms with Crippen LogP contribution in [0.15, 0.2) is 18.2 Å². The molecule has 2 atom stereocenters. The standard InChI is InChI=1S/C23H32F3N3O3/c1-16-13-19(23(24,25)26)4-3-18(16)14-17-5-8-28(9-6-17)22(31)29-10-7-21(32-12-11-30)20(15-29)27-2/h3-4,11,13,17,20-21,27H,5-10,12,14-15H2,1-2H3/t20-,21+/m1/s1. The van der Waals surface area contributed by atoms with Crippen molar-refractivity contribution in [3.8, 4) is 0 Å². The maximum absolute atomic E-state index is 13.0. The van der Waals surface area contributed by atoms with E-state index < -0.39 is 11.7 Å². The Morgan fingerprint density at radius 3 is 2.47 bits per heavy atom. The fraction of sp³-hybridized carbons (Fsp3) is 0.652. The average Bonchev–Trinajstić information content (AvgIpc) is 2.78. The van der Waals surface area contributed by atoms with Gasteiger partial charge in [0.25, 0.3) is 0 Å². The zero-order valence-electron chi connectivity index (χ0n) is 18.7. The first-order valence-electron chi connectivity index (χ1n) is 11.2. The fourth-order valence-corrected chi connectivity index (χ4v) is 4.68. The van der Waals surface area contributed by atoms with Gasteiger partial charge in [0.05, 0.1) is 17.7 Å². The van der Waals surface area contributed by atoms with Gasteiger partial charge in [-0.25, -0.2) is 4.79 Å². The van der Waals surface area contributed by atoms with Gasteiger partial charge in [0.2, 0.25) is 0 Å². The molecule has 0 unspecified atom stereocenters. The molecule has 2 amide bonds. The maximum atomic E-state index is 13.0. The summed E-state index contributed by atoms with van der Waals surface area (Å²) in [6, 6.07) is 3.96. The first-order chi connectivity index (χ1) is 15.2. The SMILES string of the molecule is CN[C@@H]1CN(C(=O)N2CCC(Cc3ccc(C(F)(F)F)cc3C)CC2)CC[C@@H]1OCC=O. The number of carbonyl (C=O) groups is 2. The molecule has 178 valence electrons. The van der Waals surface area contributed by atoms with Gasteiger partial charge in [-0.05, 0) is 68.8 Å². The first-order valence-corrected chi connectivity index (χ1v) is 11.2. The number of halogens is 3. The molecular weight excluding hydrogens is 423 g/mol. The lowest BCUT2D eigenvalue weighted by atomic mass is 9.88. The molecule has 2 aliphatic rings. The zero-order valence-corrected chi connectivity index (χ0v) is 18.7. The van der Waals surface area contributed by atoms with Crippen LogP contribution in [0.25, 0.3) is 0 Å². The molecule has 0 bridgehead atoms. The molecule has 6 nitrogen and oxygen atoms in total. The highest BCUT2D eigenvalue weighted by Gasteiger charge is 2.34. The number of nitrogens with one attached hydrogen (secondary N) is 1. The van der Waals surface area contributed by atoms with Crippen LogP contribution < -0.4 is 5.32 Å². The van der Waals surface area contributed by atoms with E-state index in [1.165, 1.54) is 6.07 Å². The van der Waals surface area contributed by atoms with Crippen LogP contribution in [0.3, 0.4) is 0 Å². The molecule has 3 rings (SSSR count). The number of alkyl halides is 3. The number of benzene rings is 1. The summed E-state index contributed by atoms with van der Waals surface area (Å²) in [5.41, 5.74) is 0.993. The van der Waals surface area contributed by atoms with Gasteiger partial charge in [-0.15, -0.1) is 0 Å². The molecule has 1 aromatic carbocycles. The third kappa shape index (κ3) is 6.01. The summed E-state index contributed by atoms with van der Waals surface area (Å²) in [5, 5.41) is 3.18. The Morgan fingerprint density at radius 1 is 1.19 bits per heavy atom. The van der Waals surface area contributed by atoms with E-state index in [0.717, 1.165) is 37.2 Å². The molecule has 1 N–H and O–H groups in total. The number of likely N-dealkylation sites (tertiary alicyclic amines) is 2. The van der Waals surface area contributed by atoms with Crippen LogP contribution in [0.4, 0.5) is 18.0 Å². The second-order valence-corrected chi connectivity index (χ2v) is 8.72. The number of aldehydes is 1. The van der Waals surface area contributed by atoms with Gasteiger partial charge in [0, 0.05) is 26.2 Å². The van der Waals surface area contributed by atoms with Crippen molar-refractivity contribution in [3.05, 3.63) is 34.9 Å². The number of likely N-dealkylation sites (N-methyl/N-ethyl adjacent to an activating group) is 1. The monoisotopic (exact) mass is 455 g/mol. The number of nitrogens with zero attached hydrogens (tertiary/aromatic N) is 2. The molecule has 0 spiro atoms.